The standard InChI is InChI=1S/C14H12F2N2O2/c1-8-2-9(6-18-5-8)7-20-14(19)10-3-12(16)13(17)4-11(10)15/h2-6H,7,17H2,1H3. The largest absolute Gasteiger partial charge is 0.457 e. The second-order valence-corrected chi connectivity index (χ2v) is 4.30. The first kappa shape index (κ1) is 13.9. The van der Waals surface area contributed by atoms with Gasteiger partial charge in [-0.1, -0.05) is 0 Å². The van der Waals surface area contributed by atoms with Gasteiger partial charge in [-0.2, -0.15) is 0 Å². The van der Waals surface area contributed by atoms with Crippen molar-refractivity contribution in [1.82, 2.24) is 4.98 Å². The van der Waals surface area contributed by atoms with Gasteiger partial charge in [0.05, 0.1) is 11.3 Å². The molecule has 0 atom stereocenters. The van der Waals surface area contributed by atoms with Crippen molar-refractivity contribution in [3.8, 4) is 0 Å². The normalized spacial score (nSPS) is 10.3. The Kier molecular flexibility index (Phi) is 3.93. The molecule has 0 aliphatic carbocycles. The van der Waals surface area contributed by atoms with Gasteiger partial charge in [0.25, 0.3) is 0 Å². The minimum absolute atomic E-state index is 0.0705. The summed E-state index contributed by atoms with van der Waals surface area (Å²) >= 11 is 0. The molecule has 0 aliphatic rings. The number of benzene rings is 1. The molecule has 0 radical (unpaired) electrons. The molecule has 1 heterocycles. The van der Waals surface area contributed by atoms with E-state index in [4.69, 9.17) is 10.5 Å². The Bertz CT molecular complexity index is 660. The Morgan fingerprint density at radius 1 is 1.25 bits per heavy atom. The third-order valence-corrected chi connectivity index (χ3v) is 2.61. The van der Waals surface area contributed by atoms with E-state index < -0.39 is 23.2 Å². The van der Waals surface area contributed by atoms with E-state index in [-0.39, 0.29) is 12.3 Å². The first-order valence-corrected chi connectivity index (χ1v) is 5.79. The molecule has 0 spiro atoms. The van der Waals surface area contributed by atoms with Crippen molar-refractivity contribution in [3.63, 3.8) is 0 Å². The van der Waals surface area contributed by atoms with Crippen molar-refractivity contribution in [2.75, 3.05) is 5.73 Å². The van der Waals surface area contributed by atoms with Crippen molar-refractivity contribution < 1.29 is 18.3 Å². The number of aryl methyl sites for hydroxylation is 1. The predicted octanol–water partition coefficient (Wildman–Crippen LogP) is 2.61. The van der Waals surface area contributed by atoms with E-state index in [1.54, 1.807) is 12.3 Å². The molecule has 0 bridgehead atoms. The first-order valence-electron chi connectivity index (χ1n) is 5.79. The summed E-state index contributed by atoms with van der Waals surface area (Å²) < 4.78 is 31.7. The zero-order valence-electron chi connectivity index (χ0n) is 10.7. The molecule has 20 heavy (non-hydrogen) atoms. The minimum Gasteiger partial charge on any atom is -0.457 e. The highest BCUT2D eigenvalue weighted by molar-refractivity contribution is 5.90. The molecule has 0 aliphatic heterocycles. The molecular formula is C14H12F2N2O2. The highest BCUT2D eigenvalue weighted by Gasteiger charge is 2.16. The molecule has 0 unspecified atom stereocenters. The van der Waals surface area contributed by atoms with E-state index in [1.165, 1.54) is 6.20 Å². The Morgan fingerprint density at radius 2 is 2.00 bits per heavy atom. The fourth-order valence-corrected chi connectivity index (χ4v) is 1.64. The van der Waals surface area contributed by atoms with Crippen LogP contribution in [0.4, 0.5) is 14.5 Å². The minimum atomic E-state index is -0.956. The number of hydrogen-bond donors (Lipinski definition) is 1. The number of nitrogen functional groups attached to an aromatic ring is 1. The summed E-state index contributed by atoms with van der Waals surface area (Å²) in [7, 11) is 0. The average Bonchev–Trinajstić information content (AvgIpc) is 2.40. The van der Waals surface area contributed by atoms with Crippen molar-refractivity contribution in [2.24, 2.45) is 0 Å². The van der Waals surface area contributed by atoms with Crippen LogP contribution in [0.5, 0.6) is 0 Å². The summed E-state index contributed by atoms with van der Waals surface area (Å²) in [6.45, 7) is 1.77. The van der Waals surface area contributed by atoms with E-state index in [2.05, 4.69) is 4.98 Å². The van der Waals surface area contributed by atoms with Crippen LogP contribution in [-0.2, 0) is 11.3 Å². The van der Waals surface area contributed by atoms with Crippen molar-refractivity contribution in [1.29, 1.82) is 0 Å². The van der Waals surface area contributed by atoms with Gasteiger partial charge in [0.1, 0.15) is 18.2 Å². The van der Waals surface area contributed by atoms with Crippen LogP contribution in [-0.4, -0.2) is 11.0 Å². The summed E-state index contributed by atoms with van der Waals surface area (Å²) in [5.41, 5.74) is 5.92. The Labute approximate surface area is 114 Å². The zero-order chi connectivity index (χ0) is 14.7. The summed E-state index contributed by atoms with van der Waals surface area (Å²) in [6, 6.07) is 3.25. The second-order valence-electron chi connectivity index (χ2n) is 4.30. The molecule has 0 fully saturated rings. The molecule has 104 valence electrons. The number of carbonyl (C=O) groups excluding carboxylic acids is 1. The number of nitrogens with zero attached hydrogens (tertiary/aromatic N) is 1. The third kappa shape index (κ3) is 3.09. The molecule has 0 saturated carbocycles. The van der Waals surface area contributed by atoms with Crippen molar-refractivity contribution in [2.45, 2.75) is 13.5 Å². The van der Waals surface area contributed by atoms with E-state index in [1.807, 2.05) is 6.92 Å². The van der Waals surface area contributed by atoms with Crippen LogP contribution in [0.25, 0.3) is 0 Å². The maximum absolute atomic E-state index is 13.5. The van der Waals surface area contributed by atoms with Gasteiger partial charge in [0.15, 0.2) is 0 Å². The zero-order valence-corrected chi connectivity index (χ0v) is 10.7. The van der Waals surface area contributed by atoms with E-state index in [0.29, 0.717) is 5.56 Å². The van der Waals surface area contributed by atoms with Crippen molar-refractivity contribution in [3.05, 3.63) is 58.9 Å². The molecule has 6 heteroatoms. The number of hydrogen-bond acceptors (Lipinski definition) is 4. The van der Waals surface area contributed by atoms with Crippen LogP contribution >= 0.6 is 0 Å². The van der Waals surface area contributed by atoms with Crippen LogP contribution < -0.4 is 5.73 Å². The number of halogens is 2. The molecular weight excluding hydrogens is 266 g/mol. The number of nitrogens with two attached hydrogens (primary N) is 1. The van der Waals surface area contributed by atoms with E-state index >= 15 is 0 Å². The first-order chi connectivity index (χ1) is 9.47. The quantitative estimate of drug-likeness (QED) is 0.692. The van der Waals surface area contributed by atoms with Gasteiger partial charge in [0.2, 0.25) is 0 Å². The molecule has 0 saturated heterocycles. The number of rotatable bonds is 3. The van der Waals surface area contributed by atoms with Gasteiger partial charge >= 0.3 is 5.97 Å². The third-order valence-electron chi connectivity index (χ3n) is 2.61. The van der Waals surface area contributed by atoms with Crippen LogP contribution in [0.2, 0.25) is 0 Å². The highest BCUT2D eigenvalue weighted by atomic mass is 19.1. The number of carbonyl (C=O) groups is 1. The van der Waals surface area contributed by atoms with Crippen LogP contribution in [0.3, 0.4) is 0 Å². The van der Waals surface area contributed by atoms with Gasteiger partial charge in [-0.05, 0) is 24.6 Å². The van der Waals surface area contributed by atoms with Crippen LogP contribution in [0.15, 0.2) is 30.6 Å². The lowest BCUT2D eigenvalue weighted by Gasteiger charge is -2.07. The number of esters is 1. The van der Waals surface area contributed by atoms with Crippen LogP contribution in [0.1, 0.15) is 21.5 Å². The van der Waals surface area contributed by atoms with E-state index in [0.717, 1.165) is 17.7 Å². The van der Waals surface area contributed by atoms with Gasteiger partial charge in [-0.25, -0.2) is 13.6 Å². The molecule has 0 amide bonds. The lowest BCUT2D eigenvalue weighted by atomic mass is 10.2. The average molecular weight is 278 g/mol. The summed E-state index contributed by atoms with van der Waals surface area (Å²) in [6.07, 6.45) is 3.18. The number of aromatic nitrogens is 1. The van der Waals surface area contributed by atoms with Crippen LogP contribution in [0, 0.1) is 18.6 Å². The number of anilines is 1. The molecule has 2 N–H and O–H groups in total. The summed E-state index contributed by atoms with van der Waals surface area (Å²) in [5, 5.41) is 0. The molecule has 1 aromatic carbocycles. The van der Waals surface area contributed by atoms with Gasteiger partial charge in [-0.3, -0.25) is 4.98 Å². The fourth-order valence-electron chi connectivity index (χ4n) is 1.64. The Morgan fingerprint density at radius 3 is 2.70 bits per heavy atom. The molecule has 2 aromatic rings. The van der Waals surface area contributed by atoms with Gasteiger partial charge in [-0.15, -0.1) is 0 Å². The van der Waals surface area contributed by atoms with Gasteiger partial charge in [0, 0.05) is 24.0 Å². The molecule has 2 rings (SSSR count). The lowest BCUT2D eigenvalue weighted by molar-refractivity contribution is 0.0466. The number of pyridine rings is 1. The summed E-state index contributed by atoms with van der Waals surface area (Å²) in [4.78, 5) is 15.6. The monoisotopic (exact) mass is 278 g/mol. The van der Waals surface area contributed by atoms with Crippen molar-refractivity contribution >= 4 is 11.7 Å². The topological polar surface area (TPSA) is 65.2 Å². The SMILES string of the molecule is Cc1cncc(COC(=O)c2cc(F)c(N)cc2F)c1. The lowest BCUT2D eigenvalue weighted by Crippen LogP contribution is -2.09. The smallest absolute Gasteiger partial charge is 0.341 e. The Balaban J connectivity index is 2.11. The number of ether oxygens (including phenoxy) is 1. The molecule has 4 nitrogen and oxygen atoms in total. The highest BCUT2D eigenvalue weighted by Crippen LogP contribution is 2.18. The van der Waals surface area contributed by atoms with E-state index in [9.17, 15) is 13.6 Å². The molecule has 1 aromatic heterocycles. The fraction of sp³-hybridized carbons (Fsp3) is 0.143. The maximum Gasteiger partial charge on any atom is 0.341 e. The van der Waals surface area contributed by atoms with Gasteiger partial charge < -0.3 is 10.5 Å². The predicted molar refractivity (Wildman–Crippen MR) is 68.9 cm³/mol. The maximum atomic E-state index is 13.5. The summed E-state index contributed by atoms with van der Waals surface area (Å²) in [5.74, 6) is -2.74. The Hall–Kier alpha value is -2.50. The second kappa shape index (κ2) is 5.64.